The Bertz CT molecular complexity index is 976. The molecule has 0 amide bonds. The van der Waals surface area contributed by atoms with E-state index in [2.05, 4.69) is 0 Å². The first-order chi connectivity index (χ1) is 9.97. The monoisotopic (exact) mass is 322 g/mol. The molecule has 0 unspecified atom stereocenters. The summed E-state index contributed by atoms with van der Waals surface area (Å²) in [5, 5.41) is 0.726. The molecule has 0 radical (unpaired) electrons. The van der Waals surface area contributed by atoms with Crippen LogP contribution in [0.25, 0.3) is 16.7 Å². The number of nitrogens with two attached hydrogens (primary N) is 1. The van der Waals surface area contributed by atoms with Gasteiger partial charge in [0, 0.05) is 10.7 Å². The van der Waals surface area contributed by atoms with Gasteiger partial charge >= 0.3 is 5.76 Å². The maximum absolute atomic E-state index is 12.5. The van der Waals surface area contributed by atoms with E-state index >= 15 is 0 Å². The molecule has 0 saturated heterocycles. The lowest BCUT2D eigenvalue weighted by molar-refractivity contribution is 0.504. The topological polar surface area (TPSA) is 78.2 Å². The number of anilines is 1. The maximum Gasteiger partial charge on any atom is 0.427 e. The fraction of sp³-hybridized carbons (Fsp3) is 0. The minimum absolute atomic E-state index is 0.164. The standard InChI is InChI=1S/C14H8Cl2N2O3/c15-7-1-4-12-9(5-7)13(19)18(14(20)21-12)11-3-2-8(17)6-10(11)16/h1-6H,17H2. The zero-order chi connectivity index (χ0) is 15.1. The van der Waals surface area contributed by atoms with Crippen molar-refractivity contribution in [2.24, 2.45) is 0 Å². The highest BCUT2D eigenvalue weighted by Crippen LogP contribution is 2.22. The summed E-state index contributed by atoms with van der Waals surface area (Å²) in [6.45, 7) is 0. The first-order valence-corrected chi connectivity index (χ1v) is 6.64. The summed E-state index contributed by atoms with van der Waals surface area (Å²) < 4.78 is 5.97. The summed E-state index contributed by atoms with van der Waals surface area (Å²) in [7, 11) is 0. The van der Waals surface area contributed by atoms with Crippen molar-refractivity contribution in [3.8, 4) is 5.69 Å². The van der Waals surface area contributed by atoms with Crippen LogP contribution < -0.4 is 17.0 Å². The lowest BCUT2D eigenvalue weighted by atomic mass is 10.2. The van der Waals surface area contributed by atoms with Gasteiger partial charge in [0.05, 0.1) is 16.1 Å². The van der Waals surface area contributed by atoms with Gasteiger partial charge in [-0.1, -0.05) is 23.2 Å². The minimum Gasteiger partial charge on any atom is -0.409 e. The molecule has 106 valence electrons. The van der Waals surface area contributed by atoms with Gasteiger partial charge in [0.1, 0.15) is 5.58 Å². The zero-order valence-electron chi connectivity index (χ0n) is 10.5. The van der Waals surface area contributed by atoms with Crippen LogP contribution in [-0.4, -0.2) is 4.57 Å². The highest BCUT2D eigenvalue weighted by atomic mass is 35.5. The average Bonchev–Trinajstić information content (AvgIpc) is 2.42. The summed E-state index contributed by atoms with van der Waals surface area (Å²) >= 11 is 11.9. The normalized spacial score (nSPS) is 11.0. The van der Waals surface area contributed by atoms with E-state index in [0.717, 1.165) is 4.57 Å². The molecule has 0 spiro atoms. The Labute approximate surface area is 128 Å². The van der Waals surface area contributed by atoms with Gasteiger partial charge in [0.2, 0.25) is 0 Å². The van der Waals surface area contributed by atoms with Crippen molar-refractivity contribution in [3.05, 3.63) is 67.3 Å². The van der Waals surface area contributed by atoms with Crippen molar-refractivity contribution in [2.45, 2.75) is 0 Å². The molecule has 0 bridgehead atoms. The Balaban J connectivity index is 2.43. The van der Waals surface area contributed by atoms with Crippen LogP contribution in [0.5, 0.6) is 0 Å². The van der Waals surface area contributed by atoms with Gasteiger partial charge in [0.25, 0.3) is 5.56 Å². The molecule has 5 nitrogen and oxygen atoms in total. The molecule has 0 aliphatic carbocycles. The van der Waals surface area contributed by atoms with E-state index in [9.17, 15) is 9.59 Å². The Kier molecular flexibility index (Phi) is 3.23. The number of fused-ring (bicyclic) bond motifs is 1. The first-order valence-electron chi connectivity index (χ1n) is 5.88. The second-order valence-corrected chi connectivity index (χ2v) is 5.20. The van der Waals surface area contributed by atoms with Crippen molar-refractivity contribution in [1.29, 1.82) is 0 Å². The molecule has 0 fully saturated rings. The molecule has 0 atom stereocenters. The highest BCUT2D eigenvalue weighted by molar-refractivity contribution is 6.32. The Morgan fingerprint density at radius 1 is 1.05 bits per heavy atom. The van der Waals surface area contributed by atoms with E-state index in [1.54, 1.807) is 0 Å². The van der Waals surface area contributed by atoms with Gasteiger partial charge in [-0.05, 0) is 36.4 Å². The SMILES string of the molecule is Nc1ccc(-n2c(=O)oc3ccc(Cl)cc3c2=O)c(Cl)c1. The summed E-state index contributed by atoms with van der Waals surface area (Å²) in [6, 6.07) is 8.90. The summed E-state index contributed by atoms with van der Waals surface area (Å²) in [5.74, 6) is -0.832. The summed E-state index contributed by atoms with van der Waals surface area (Å²) in [6.07, 6.45) is 0. The molecule has 2 N–H and O–H groups in total. The number of hydrogen-bond donors (Lipinski definition) is 1. The van der Waals surface area contributed by atoms with Crippen molar-refractivity contribution >= 4 is 39.9 Å². The van der Waals surface area contributed by atoms with E-state index in [0.29, 0.717) is 10.7 Å². The maximum atomic E-state index is 12.5. The molecule has 7 heteroatoms. The van der Waals surface area contributed by atoms with Gasteiger partial charge in [-0.3, -0.25) is 4.79 Å². The van der Waals surface area contributed by atoms with Gasteiger partial charge in [-0.25, -0.2) is 9.36 Å². The van der Waals surface area contributed by atoms with Crippen molar-refractivity contribution in [1.82, 2.24) is 4.57 Å². The van der Waals surface area contributed by atoms with E-state index in [-0.39, 0.29) is 21.7 Å². The number of nitrogen functional groups attached to an aromatic ring is 1. The highest BCUT2D eigenvalue weighted by Gasteiger charge is 2.14. The summed E-state index contributed by atoms with van der Waals surface area (Å²) in [4.78, 5) is 24.5. The number of hydrogen-bond acceptors (Lipinski definition) is 4. The molecule has 3 aromatic rings. The predicted molar refractivity (Wildman–Crippen MR) is 82.5 cm³/mol. The van der Waals surface area contributed by atoms with E-state index in [4.69, 9.17) is 33.4 Å². The quantitative estimate of drug-likeness (QED) is 0.699. The van der Waals surface area contributed by atoms with E-state index in [1.807, 2.05) is 0 Å². The van der Waals surface area contributed by atoms with Gasteiger partial charge < -0.3 is 10.2 Å². The smallest absolute Gasteiger partial charge is 0.409 e. The molecule has 0 saturated carbocycles. The number of rotatable bonds is 1. The number of benzene rings is 2. The number of aromatic nitrogens is 1. The Morgan fingerprint density at radius 3 is 2.52 bits per heavy atom. The van der Waals surface area contributed by atoms with Gasteiger partial charge in [-0.15, -0.1) is 0 Å². The molecule has 1 aromatic heterocycles. The van der Waals surface area contributed by atoms with E-state index < -0.39 is 11.3 Å². The van der Waals surface area contributed by atoms with Crippen LogP contribution in [0.1, 0.15) is 0 Å². The van der Waals surface area contributed by atoms with Crippen molar-refractivity contribution in [2.75, 3.05) is 5.73 Å². The fourth-order valence-corrected chi connectivity index (χ4v) is 2.46. The molecule has 21 heavy (non-hydrogen) atoms. The molecule has 3 rings (SSSR count). The lowest BCUT2D eigenvalue weighted by Crippen LogP contribution is -2.31. The second kappa shape index (κ2) is 4.95. The zero-order valence-corrected chi connectivity index (χ0v) is 12.0. The first kappa shape index (κ1) is 13.7. The van der Waals surface area contributed by atoms with Crippen LogP contribution in [0.2, 0.25) is 10.0 Å². The van der Waals surface area contributed by atoms with Crippen LogP contribution in [-0.2, 0) is 0 Å². The Hall–Kier alpha value is -2.24. The summed E-state index contributed by atoms with van der Waals surface area (Å²) in [5.41, 5.74) is 5.83. The third-order valence-electron chi connectivity index (χ3n) is 2.97. The third-order valence-corrected chi connectivity index (χ3v) is 3.51. The van der Waals surface area contributed by atoms with Crippen molar-refractivity contribution < 1.29 is 4.42 Å². The second-order valence-electron chi connectivity index (χ2n) is 4.36. The lowest BCUT2D eigenvalue weighted by Gasteiger charge is -2.08. The van der Waals surface area contributed by atoms with Crippen LogP contribution in [0, 0.1) is 0 Å². The van der Waals surface area contributed by atoms with Crippen LogP contribution >= 0.6 is 23.2 Å². The molecule has 0 aliphatic heterocycles. The van der Waals surface area contributed by atoms with Gasteiger partial charge in [0.15, 0.2) is 0 Å². The number of nitrogens with zero attached hydrogens (tertiary/aromatic N) is 1. The average molecular weight is 323 g/mol. The largest absolute Gasteiger partial charge is 0.427 e. The molecule has 1 heterocycles. The fourth-order valence-electron chi connectivity index (χ4n) is 2.01. The minimum atomic E-state index is -0.832. The molecule has 0 aliphatic rings. The van der Waals surface area contributed by atoms with Crippen molar-refractivity contribution in [3.63, 3.8) is 0 Å². The van der Waals surface area contributed by atoms with Gasteiger partial charge in [-0.2, -0.15) is 0 Å². The van der Waals surface area contributed by atoms with Crippen LogP contribution in [0.4, 0.5) is 5.69 Å². The molecule has 2 aromatic carbocycles. The van der Waals surface area contributed by atoms with Crippen LogP contribution in [0.15, 0.2) is 50.4 Å². The Morgan fingerprint density at radius 2 is 1.81 bits per heavy atom. The van der Waals surface area contributed by atoms with Crippen LogP contribution in [0.3, 0.4) is 0 Å². The van der Waals surface area contributed by atoms with E-state index in [1.165, 1.54) is 36.4 Å². The molecular formula is C14H8Cl2N2O3. The predicted octanol–water partition coefficient (Wildman–Crippen LogP) is 2.83. The number of halogens is 2. The molecular weight excluding hydrogens is 315 g/mol. The third kappa shape index (κ3) is 2.30.